The van der Waals surface area contributed by atoms with Crippen LogP contribution in [0.5, 0.6) is 5.75 Å². The van der Waals surface area contributed by atoms with E-state index < -0.39 is 0 Å². The summed E-state index contributed by atoms with van der Waals surface area (Å²) in [6, 6.07) is 18.6. The van der Waals surface area contributed by atoms with Crippen LogP contribution in [0.2, 0.25) is 0 Å². The summed E-state index contributed by atoms with van der Waals surface area (Å²) in [6.45, 7) is 2.30. The molecule has 0 saturated heterocycles. The molecule has 0 bridgehead atoms. The highest BCUT2D eigenvalue weighted by Gasteiger charge is 2.01. The molecule has 0 aliphatic rings. The molecule has 0 fully saturated rings. The number of ether oxygens (including phenoxy) is 1. The van der Waals surface area contributed by atoms with Crippen molar-refractivity contribution in [3.05, 3.63) is 83.7 Å². The van der Waals surface area contributed by atoms with E-state index in [1.807, 2.05) is 29.1 Å². The largest absolute Gasteiger partial charge is 0.497 e. The summed E-state index contributed by atoms with van der Waals surface area (Å²) in [5.41, 5.74) is 3.70. The summed E-state index contributed by atoms with van der Waals surface area (Å²) in [6.07, 6.45) is 4.69. The van der Waals surface area contributed by atoms with Crippen molar-refractivity contribution >= 4 is 29.9 Å². The average molecular weight is 505 g/mol. The maximum Gasteiger partial charge on any atom is 0.191 e. The van der Waals surface area contributed by atoms with E-state index in [2.05, 4.69) is 57.1 Å². The molecular weight excluding hydrogens is 477 g/mol. The fraction of sp³-hybridized carbons (Fsp3) is 0.273. The number of guanidine groups is 1. The van der Waals surface area contributed by atoms with E-state index in [1.165, 1.54) is 16.7 Å². The summed E-state index contributed by atoms with van der Waals surface area (Å²) in [7, 11) is 3.47. The highest BCUT2D eigenvalue weighted by atomic mass is 127. The van der Waals surface area contributed by atoms with E-state index in [0.29, 0.717) is 0 Å². The number of nitrogens with one attached hydrogen (secondary N) is 2. The molecule has 1 heterocycles. The number of halogens is 1. The number of hydrogen-bond donors (Lipinski definition) is 2. The number of aliphatic imine (C=N–C) groups is 1. The van der Waals surface area contributed by atoms with Crippen LogP contribution in [-0.2, 0) is 19.5 Å². The van der Waals surface area contributed by atoms with E-state index >= 15 is 0 Å². The molecule has 0 aliphatic heterocycles. The fourth-order valence-electron chi connectivity index (χ4n) is 2.94. The minimum absolute atomic E-state index is 0. The third-order valence-corrected chi connectivity index (χ3v) is 4.44. The van der Waals surface area contributed by atoms with Crippen molar-refractivity contribution in [1.29, 1.82) is 0 Å². The van der Waals surface area contributed by atoms with Crippen LogP contribution in [-0.4, -0.2) is 36.4 Å². The molecule has 0 saturated carbocycles. The number of aromatic nitrogens is 2. The first-order valence-corrected chi connectivity index (χ1v) is 9.39. The van der Waals surface area contributed by atoms with Crippen molar-refractivity contribution in [3.63, 3.8) is 0 Å². The van der Waals surface area contributed by atoms with Gasteiger partial charge in [0.1, 0.15) is 5.75 Å². The number of rotatable bonds is 8. The van der Waals surface area contributed by atoms with Gasteiger partial charge in [-0.1, -0.05) is 36.4 Å². The van der Waals surface area contributed by atoms with Gasteiger partial charge in [0.2, 0.25) is 0 Å². The molecule has 6 nitrogen and oxygen atoms in total. The summed E-state index contributed by atoms with van der Waals surface area (Å²) in [5.74, 6) is 1.68. The second kappa shape index (κ2) is 12.1. The van der Waals surface area contributed by atoms with Crippen molar-refractivity contribution in [2.45, 2.75) is 19.5 Å². The highest BCUT2D eigenvalue weighted by Crippen LogP contribution is 2.11. The van der Waals surface area contributed by atoms with Crippen LogP contribution >= 0.6 is 24.0 Å². The van der Waals surface area contributed by atoms with Gasteiger partial charge in [-0.25, -0.2) is 0 Å². The molecule has 0 aliphatic carbocycles. The van der Waals surface area contributed by atoms with Crippen LogP contribution < -0.4 is 15.4 Å². The van der Waals surface area contributed by atoms with Gasteiger partial charge in [0.25, 0.3) is 0 Å². The molecule has 0 unspecified atom stereocenters. The second-order valence-corrected chi connectivity index (χ2v) is 6.47. The van der Waals surface area contributed by atoms with Gasteiger partial charge in [-0.05, 0) is 41.3 Å². The zero-order chi connectivity index (χ0) is 19.6. The number of benzene rings is 2. The normalized spacial score (nSPS) is 10.9. The van der Waals surface area contributed by atoms with Crippen molar-refractivity contribution in [1.82, 2.24) is 20.4 Å². The summed E-state index contributed by atoms with van der Waals surface area (Å²) >= 11 is 0. The summed E-state index contributed by atoms with van der Waals surface area (Å²) < 4.78 is 7.11. The number of hydrogen-bond acceptors (Lipinski definition) is 3. The molecule has 154 valence electrons. The molecule has 3 rings (SSSR count). The third-order valence-electron chi connectivity index (χ3n) is 4.44. The van der Waals surface area contributed by atoms with Gasteiger partial charge < -0.3 is 15.4 Å². The second-order valence-electron chi connectivity index (χ2n) is 6.47. The average Bonchev–Trinajstić information content (AvgIpc) is 3.24. The SMILES string of the molecule is CN=C(NCCc1ccc(OC)cc1)NCc1cccc(Cn2cccn2)c1.I. The lowest BCUT2D eigenvalue weighted by Crippen LogP contribution is -2.37. The zero-order valence-electron chi connectivity index (χ0n) is 16.8. The zero-order valence-corrected chi connectivity index (χ0v) is 19.2. The van der Waals surface area contributed by atoms with Crippen LogP contribution in [0.3, 0.4) is 0 Å². The van der Waals surface area contributed by atoms with E-state index in [-0.39, 0.29) is 24.0 Å². The molecule has 7 heteroatoms. The lowest BCUT2D eigenvalue weighted by atomic mass is 10.1. The predicted molar refractivity (Wildman–Crippen MR) is 128 cm³/mol. The molecule has 2 aromatic carbocycles. The molecule has 0 spiro atoms. The Labute approximate surface area is 189 Å². The van der Waals surface area contributed by atoms with Gasteiger partial charge in [-0.15, -0.1) is 24.0 Å². The molecular formula is C22H28IN5O. The maximum absolute atomic E-state index is 5.19. The molecule has 29 heavy (non-hydrogen) atoms. The fourth-order valence-corrected chi connectivity index (χ4v) is 2.94. The van der Waals surface area contributed by atoms with Crippen LogP contribution in [0.4, 0.5) is 0 Å². The standard InChI is InChI=1S/C22H27N5O.HI/c1-23-22(24-13-11-18-7-9-21(28-2)10-8-18)25-16-19-5-3-6-20(15-19)17-27-14-4-12-26-27;/h3-10,12,14-15H,11,13,16-17H2,1-2H3,(H2,23,24,25);1H. The van der Waals surface area contributed by atoms with Gasteiger partial charge >= 0.3 is 0 Å². The number of nitrogens with zero attached hydrogens (tertiary/aromatic N) is 3. The molecule has 0 amide bonds. The van der Waals surface area contributed by atoms with E-state index in [0.717, 1.165) is 37.8 Å². The van der Waals surface area contributed by atoms with Crippen molar-refractivity contribution in [2.75, 3.05) is 20.7 Å². The Balaban J connectivity index is 0.00000300. The summed E-state index contributed by atoms with van der Waals surface area (Å²) in [4.78, 5) is 4.31. The smallest absolute Gasteiger partial charge is 0.191 e. The van der Waals surface area contributed by atoms with Crippen LogP contribution in [0.25, 0.3) is 0 Å². The minimum Gasteiger partial charge on any atom is -0.497 e. The van der Waals surface area contributed by atoms with E-state index in [4.69, 9.17) is 4.74 Å². The van der Waals surface area contributed by atoms with Crippen molar-refractivity contribution < 1.29 is 4.74 Å². The van der Waals surface area contributed by atoms with Crippen LogP contribution in [0.1, 0.15) is 16.7 Å². The molecule has 0 radical (unpaired) electrons. The van der Waals surface area contributed by atoms with Crippen LogP contribution in [0, 0.1) is 0 Å². The maximum atomic E-state index is 5.19. The lowest BCUT2D eigenvalue weighted by Gasteiger charge is -2.13. The molecule has 2 N–H and O–H groups in total. The van der Waals surface area contributed by atoms with E-state index in [9.17, 15) is 0 Å². The Hall–Kier alpha value is -2.55. The third kappa shape index (κ3) is 7.41. The van der Waals surface area contributed by atoms with Crippen molar-refractivity contribution in [2.24, 2.45) is 4.99 Å². The Morgan fingerprint density at radius 2 is 1.83 bits per heavy atom. The minimum atomic E-state index is 0. The highest BCUT2D eigenvalue weighted by molar-refractivity contribution is 14.0. The first-order valence-electron chi connectivity index (χ1n) is 9.39. The van der Waals surface area contributed by atoms with Gasteiger partial charge in [-0.2, -0.15) is 5.10 Å². The summed E-state index contributed by atoms with van der Waals surface area (Å²) in [5, 5.41) is 11.0. The number of methoxy groups -OCH3 is 1. The molecule has 0 atom stereocenters. The quantitative estimate of drug-likeness (QED) is 0.280. The first kappa shape index (κ1) is 22.7. The Bertz CT molecular complexity index is 878. The van der Waals surface area contributed by atoms with E-state index in [1.54, 1.807) is 20.4 Å². The Morgan fingerprint density at radius 3 is 2.52 bits per heavy atom. The van der Waals surface area contributed by atoms with Gasteiger partial charge in [0.15, 0.2) is 5.96 Å². The predicted octanol–water partition coefficient (Wildman–Crippen LogP) is 3.47. The topological polar surface area (TPSA) is 63.5 Å². The van der Waals surface area contributed by atoms with Crippen LogP contribution in [0.15, 0.2) is 72.0 Å². The lowest BCUT2D eigenvalue weighted by molar-refractivity contribution is 0.414. The monoisotopic (exact) mass is 505 g/mol. The van der Waals surface area contributed by atoms with Gasteiger partial charge in [0, 0.05) is 32.5 Å². The van der Waals surface area contributed by atoms with Gasteiger partial charge in [0.05, 0.1) is 13.7 Å². The molecule has 1 aromatic heterocycles. The molecule has 3 aromatic rings. The first-order chi connectivity index (χ1) is 13.8. The van der Waals surface area contributed by atoms with Crippen molar-refractivity contribution in [3.8, 4) is 5.75 Å². The van der Waals surface area contributed by atoms with Gasteiger partial charge in [-0.3, -0.25) is 9.67 Å². The Kier molecular flexibility index (Phi) is 9.49. The Morgan fingerprint density at radius 1 is 1.03 bits per heavy atom.